The molecule has 1 N–H and O–H groups in total. The summed E-state index contributed by atoms with van der Waals surface area (Å²) in [7, 11) is 0. The van der Waals surface area contributed by atoms with Crippen LogP contribution in [0.3, 0.4) is 0 Å². The second-order valence-electron chi connectivity index (χ2n) is 9.02. The molecule has 2 fully saturated rings. The first-order valence-electron chi connectivity index (χ1n) is 10.7. The summed E-state index contributed by atoms with van der Waals surface area (Å²) in [5, 5.41) is 3.26. The van der Waals surface area contributed by atoms with Gasteiger partial charge in [0.05, 0.1) is 6.42 Å². The third-order valence-corrected chi connectivity index (χ3v) is 6.57. The topological polar surface area (TPSA) is 18.5 Å². The van der Waals surface area contributed by atoms with E-state index in [-0.39, 0.29) is 0 Å². The molecule has 1 aromatic carbocycles. The van der Waals surface area contributed by atoms with Crippen LogP contribution in [-0.2, 0) is 12.8 Å². The van der Waals surface area contributed by atoms with Crippen molar-refractivity contribution in [3.05, 3.63) is 71.2 Å². The Labute approximate surface area is 176 Å². The highest BCUT2D eigenvalue weighted by Crippen LogP contribution is 2.49. The molecule has 1 saturated heterocycles. The van der Waals surface area contributed by atoms with E-state index < -0.39 is 12.6 Å². The average Bonchev–Trinajstić information content (AvgIpc) is 3.28. The van der Waals surface area contributed by atoms with Gasteiger partial charge in [-0.05, 0) is 48.7 Å². The van der Waals surface area contributed by atoms with Crippen LogP contribution in [0.1, 0.15) is 30.9 Å². The van der Waals surface area contributed by atoms with Gasteiger partial charge in [0.25, 0.3) is 0 Å². The van der Waals surface area contributed by atoms with Crippen LogP contribution < -0.4 is 5.32 Å². The number of benzene rings is 1. The Morgan fingerprint density at radius 3 is 2.30 bits per heavy atom. The average molecular weight is 418 g/mol. The Hall–Kier alpha value is -2.37. The van der Waals surface area contributed by atoms with E-state index >= 15 is 0 Å². The Morgan fingerprint density at radius 1 is 1.07 bits per heavy atom. The lowest BCUT2D eigenvalue weighted by atomic mass is 10.0. The van der Waals surface area contributed by atoms with E-state index in [0.29, 0.717) is 17.4 Å². The number of nitrogens with one attached hydrogen (secondary N) is 1. The molecule has 30 heavy (non-hydrogen) atoms. The van der Waals surface area contributed by atoms with Crippen LogP contribution >= 0.6 is 0 Å². The van der Waals surface area contributed by atoms with E-state index in [1.54, 1.807) is 24.3 Å². The normalized spacial score (nSPS) is 22.1. The molecule has 0 aromatic heterocycles. The van der Waals surface area contributed by atoms with Gasteiger partial charge in [-0.3, -0.25) is 0 Å². The van der Waals surface area contributed by atoms with Crippen LogP contribution in [0.5, 0.6) is 0 Å². The molecule has 0 atom stereocenters. The maximum absolute atomic E-state index is 12.6. The van der Waals surface area contributed by atoms with E-state index in [2.05, 4.69) is 34.7 Å². The Bertz CT molecular complexity index is 847. The number of halogens is 3. The lowest BCUT2D eigenvalue weighted by Crippen LogP contribution is -2.30. The van der Waals surface area contributed by atoms with Gasteiger partial charge in [-0.15, -0.1) is 0 Å². The van der Waals surface area contributed by atoms with Gasteiger partial charge in [0.1, 0.15) is 0 Å². The molecule has 1 spiro atoms. The molecule has 1 saturated carbocycles. The van der Waals surface area contributed by atoms with Gasteiger partial charge in [-0.2, -0.15) is 13.2 Å². The van der Waals surface area contributed by atoms with E-state index in [0.717, 1.165) is 44.0 Å². The molecular formula is C24H30F3N3. The predicted molar refractivity (Wildman–Crippen MR) is 114 cm³/mol. The zero-order chi connectivity index (χ0) is 21.4. The van der Waals surface area contributed by atoms with Crippen LogP contribution in [0.15, 0.2) is 60.1 Å². The molecule has 2 heterocycles. The Kier molecular flexibility index (Phi) is 5.60. The summed E-state index contributed by atoms with van der Waals surface area (Å²) >= 11 is 0. The second kappa shape index (κ2) is 8.05. The smallest absolute Gasteiger partial charge is 0.387 e. The molecular weight excluding hydrogens is 387 g/mol. The molecule has 0 radical (unpaired) electrons. The fourth-order valence-corrected chi connectivity index (χ4v) is 4.50. The molecule has 3 aliphatic rings. The predicted octanol–water partition coefficient (Wildman–Crippen LogP) is 4.64. The lowest BCUT2D eigenvalue weighted by Gasteiger charge is -2.28. The summed E-state index contributed by atoms with van der Waals surface area (Å²) in [4.78, 5) is 4.93. The van der Waals surface area contributed by atoms with Gasteiger partial charge in [0.2, 0.25) is 0 Å². The van der Waals surface area contributed by atoms with Gasteiger partial charge >= 0.3 is 6.18 Å². The third-order valence-electron chi connectivity index (χ3n) is 6.57. The quantitative estimate of drug-likeness (QED) is 0.753. The minimum atomic E-state index is -4.17. The second-order valence-corrected chi connectivity index (χ2v) is 9.02. The first-order valence-corrected chi connectivity index (χ1v) is 10.7. The highest BCUT2D eigenvalue weighted by Gasteiger charge is 2.47. The van der Waals surface area contributed by atoms with Crippen molar-refractivity contribution in [3.8, 4) is 0 Å². The van der Waals surface area contributed by atoms with Crippen LogP contribution in [0.25, 0.3) is 0 Å². The molecule has 0 bridgehead atoms. The molecule has 3 nitrogen and oxygen atoms in total. The van der Waals surface area contributed by atoms with Gasteiger partial charge < -0.3 is 15.1 Å². The van der Waals surface area contributed by atoms with Crippen molar-refractivity contribution in [1.82, 2.24) is 15.1 Å². The molecule has 162 valence electrons. The van der Waals surface area contributed by atoms with Gasteiger partial charge in [0, 0.05) is 56.0 Å². The standard InChI is InChI=1S/C24H30F3N3/c1-18(13-20-3-5-21(6-4-20)14-24(25,26)27)29-11-12-30(17-23(16-29)8-9-23)19(2)22-7-10-28-15-22/h3-7,10,28H,1,8-9,11-17H2,2H3/b22-19+. The summed E-state index contributed by atoms with van der Waals surface area (Å²) in [5.41, 5.74) is 5.43. The zero-order valence-electron chi connectivity index (χ0n) is 17.6. The highest BCUT2D eigenvalue weighted by molar-refractivity contribution is 5.30. The lowest BCUT2D eigenvalue weighted by molar-refractivity contribution is -0.127. The Balaban J connectivity index is 1.40. The summed E-state index contributed by atoms with van der Waals surface area (Å²) in [6, 6.07) is 6.78. The van der Waals surface area contributed by atoms with Crippen molar-refractivity contribution in [2.45, 2.75) is 38.8 Å². The van der Waals surface area contributed by atoms with Crippen molar-refractivity contribution in [1.29, 1.82) is 0 Å². The first-order chi connectivity index (χ1) is 14.2. The fraction of sp³-hybridized carbons (Fsp3) is 0.500. The molecule has 4 rings (SSSR count). The minimum Gasteiger partial charge on any atom is -0.387 e. The maximum atomic E-state index is 12.6. The molecule has 6 heteroatoms. The molecule has 1 aromatic rings. The molecule has 0 unspecified atom stereocenters. The van der Waals surface area contributed by atoms with E-state index in [4.69, 9.17) is 0 Å². The highest BCUT2D eigenvalue weighted by atomic mass is 19.4. The molecule has 1 aliphatic carbocycles. The van der Waals surface area contributed by atoms with Crippen LogP contribution in [-0.4, -0.2) is 48.7 Å². The monoisotopic (exact) mass is 417 g/mol. The first kappa shape index (κ1) is 20.9. The van der Waals surface area contributed by atoms with Crippen molar-refractivity contribution >= 4 is 0 Å². The minimum absolute atomic E-state index is 0.304. The van der Waals surface area contributed by atoms with Crippen LogP contribution in [0.4, 0.5) is 13.2 Å². The van der Waals surface area contributed by atoms with Gasteiger partial charge in [-0.1, -0.05) is 30.8 Å². The van der Waals surface area contributed by atoms with Gasteiger partial charge in [0.15, 0.2) is 0 Å². The number of nitrogens with zero attached hydrogens (tertiary/aromatic N) is 2. The fourth-order valence-electron chi connectivity index (χ4n) is 4.50. The number of hydrogen-bond acceptors (Lipinski definition) is 3. The number of alkyl halides is 3. The summed E-state index contributed by atoms with van der Waals surface area (Å²) in [6.07, 6.45) is 2.30. The molecule has 2 aliphatic heterocycles. The van der Waals surface area contributed by atoms with Crippen molar-refractivity contribution in [2.24, 2.45) is 5.41 Å². The van der Waals surface area contributed by atoms with Gasteiger partial charge in [-0.25, -0.2) is 0 Å². The summed E-state index contributed by atoms with van der Waals surface area (Å²) < 4.78 is 37.7. The SMILES string of the molecule is C=C(Cc1ccc(CC(F)(F)F)cc1)N1CCN(/C(C)=C2\C=CNC2)CC2(CC2)C1. The maximum Gasteiger partial charge on any atom is 0.393 e. The van der Waals surface area contributed by atoms with E-state index in [9.17, 15) is 13.2 Å². The van der Waals surface area contributed by atoms with E-state index in [1.807, 2.05) is 6.20 Å². The third kappa shape index (κ3) is 5.02. The van der Waals surface area contributed by atoms with E-state index in [1.165, 1.54) is 24.1 Å². The van der Waals surface area contributed by atoms with Crippen molar-refractivity contribution in [3.63, 3.8) is 0 Å². The number of rotatable bonds is 5. The summed E-state index contributed by atoms with van der Waals surface area (Å²) in [6.45, 7) is 11.4. The summed E-state index contributed by atoms with van der Waals surface area (Å²) in [5.74, 6) is 0. The molecule has 0 amide bonds. The van der Waals surface area contributed by atoms with Crippen molar-refractivity contribution < 1.29 is 13.2 Å². The van der Waals surface area contributed by atoms with Crippen molar-refractivity contribution in [2.75, 3.05) is 32.7 Å². The Morgan fingerprint density at radius 2 is 1.70 bits per heavy atom. The largest absolute Gasteiger partial charge is 0.393 e. The number of hydrogen-bond donors (Lipinski definition) is 1. The zero-order valence-corrected chi connectivity index (χ0v) is 17.6. The van der Waals surface area contributed by atoms with Crippen LogP contribution in [0.2, 0.25) is 0 Å². The number of allylic oxidation sites excluding steroid dienone is 2. The van der Waals surface area contributed by atoms with Crippen LogP contribution in [0, 0.1) is 5.41 Å².